The molecule has 34 heavy (non-hydrogen) atoms. The number of hydrogen-bond donors (Lipinski definition) is 1. The van der Waals surface area contributed by atoms with E-state index in [2.05, 4.69) is 23.0 Å². The fourth-order valence-electron chi connectivity index (χ4n) is 3.51. The number of H-pyrrole nitrogens is 1. The zero-order valence-corrected chi connectivity index (χ0v) is 20.6. The molecule has 0 bridgehead atoms. The minimum atomic E-state index is 0.270. The summed E-state index contributed by atoms with van der Waals surface area (Å²) in [7, 11) is 0. The predicted octanol–water partition coefficient (Wildman–Crippen LogP) is 7.53. The number of nitrogens with one attached hydrogen (secondary N) is 1. The van der Waals surface area contributed by atoms with Crippen LogP contribution in [-0.2, 0) is 6.61 Å². The van der Waals surface area contributed by atoms with Crippen LogP contribution in [0.4, 0.5) is 0 Å². The molecule has 0 saturated carbocycles. The summed E-state index contributed by atoms with van der Waals surface area (Å²) in [5, 5.41) is 10.9. The molecule has 3 aromatic carbocycles. The Morgan fingerprint density at radius 1 is 1.03 bits per heavy atom. The van der Waals surface area contributed by atoms with E-state index in [-0.39, 0.29) is 6.61 Å². The molecular formula is C27H23Cl2N3O2. The van der Waals surface area contributed by atoms with Gasteiger partial charge < -0.3 is 14.5 Å². The van der Waals surface area contributed by atoms with Crippen LogP contribution < -0.4 is 9.47 Å². The van der Waals surface area contributed by atoms with Crippen LogP contribution in [0.1, 0.15) is 35.0 Å². The average Bonchev–Trinajstić information content (AvgIpc) is 3.20. The molecule has 5 nitrogen and oxygen atoms in total. The first-order valence-electron chi connectivity index (χ1n) is 10.8. The summed E-state index contributed by atoms with van der Waals surface area (Å²) in [5.41, 5.74) is 6.10. The molecule has 4 rings (SSSR count). The number of benzene rings is 3. The summed E-state index contributed by atoms with van der Waals surface area (Å²) in [6.07, 6.45) is 1.78. The maximum Gasteiger partial charge on any atom is 0.161 e. The van der Waals surface area contributed by atoms with Gasteiger partial charge in [0.2, 0.25) is 0 Å². The first-order valence-corrected chi connectivity index (χ1v) is 11.6. The highest BCUT2D eigenvalue weighted by molar-refractivity contribution is 6.35. The zero-order chi connectivity index (χ0) is 24.2. The van der Waals surface area contributed by atoms with Crippen molar-refractivity contribution in [3.63, 3.8) is 0 Å². The van der Waals surface area contributed by atoms with Crippen molar-refractivity contribution in [1.29, 1.82) is 5.26 Å². The molecule has 0 aliphatic heterocycles. The molecule has 0 atom stereocenters. The number of hydrogen-bond acceptors (Lipinski definition) is 4. The molecule has 0 amide bonds. The molecule has 1 aromatic heterocycles. The van der Waals surface area contributed by atoms with Gasteiger partial charge in [0.05, 0.1) is 23.2 Å². The van der Waals surface area contributed by atoms with Crippen LogP contribution in [0.2, 0.25) is 10.0 Å². The Morgan fingerprint density at radius 3 is 2.56 bits per heavy atom. The number of ether oxygens (including phenoxy) is 2. The van der Waals surface area contributed by atoms with Gasteiger partial charge in [-0.05, 0) is 79.9 Å². The van der Waals surface area contributed by atoms with Gasteiger partial charge in [-0.15, -0.1) is 0 Å². The third-order valence-electron chi connectivity index (χ3n) is 5.45. The second-order valence-electron chi connectivity index (χ2n) is 7.87. The minimum Gasteiger partial charge on any atom is -0.490 e. The first-order chi connectivity index (χ1) is 16.4. The van der Waals surface area contributed by atoms with Crippen LogP contribution in [0, 0.1) is 25.2 Å². The molecule has 0 radical (unpaired) electrons. The summed E-state index contributed by atoms with van der Waals surface area (Å²) in [5.74, 6) is 1.69. The minimum absolute atomic E-state index is 0.270. The largest absolute Gasteiger partial charge is 0.490 e. The molecule has 0 unspecified atom stereocenters. The van der Waals surface area contributed by atoms with E-state index in [9.17, 15) is 5.26 Å². The van der Waals surface area contributed by atoms with Crippen LogP contribution in [-0.4, -0.2) is 16.6 Å². The number of nitriles is 1. The summed E-state index contributed by atoms with van der Waals surface area (Å²) < 4.78 is 11.8. The molecule has 172 valence electrons. The number of rotatable bonds is 7. The van der Waals surface area contributed by atoms with Crippen molar-refractivity contribution in [1.82, 2.24) is 9.97 Å². The van der Waals surface area contributed by atoms with E-state index in [0.29, 0.717) is 39.5 Å². The summed E-state index contributed by atoms with van der Waals surface area (Å²) in [4.78, 5) is 7.87. The van der Waals surface area contributed by atoms with Gasteiger partial charge in [-0.2, -0.15) is 5.26 Å². The van der Waals surface area contributed by atoms with Crippen molar-refractivity contribution in [2.45, 2.75) is 27.4 Å². The van der Waals surface area contributed by atoms with E-state index < -0.39 is 0 Å². The van der Waals surface area contributed by atoms with Crippen molar-refractivity contribution in [2.75, 3.05) is 6.61 Å². The van der Waals surface area contributed by atoms with E-state index in [1.807, 2.05) is 50.2 Å². The lowest BCUT2D eigenvalue weighted by Gasteiger charge is -2.13. The molecule has 4 aromatic rings. The Kier molecular flexibility index (Phi) is 7.12. The highest BCUT2D eigenvalue weighted by Crippen LogP contribution is 2.32. The average molecular weight is 492 g/mol. The number of halogens is 2. The Labute approximate surface area is 208 Å². The Morgan fingerprint density at radius 2 is 1.82 bits per heavy atom. The second-order valence-corrected chi connectivity index (χ2v) is 8.72. The Bertz CT molecular complexity index is 1400. The number of aromatic nitrogens is 2. The Hall–Kier alpha value is -3.46. The standard InChI is InChI=1S/C27H23Cl2N3O2/c1-4-33-26-12-18(5-8-25(26)34-15-19-6-7-21(28)13-22(19)29)11-20(14-30)27-31-23-9-16(2)17(3)10-24(23)32-27/h5-13H,4,15H2,1-3H3,(H,31,32)/b20-11+. The number of aryl methyl sites for hydroxylation is 2. The third kappa shape index (κ3) is 5.20. The van der Waals surface area contributed by atoms with Crippen LogP contribution in [0.25, 0.3) is 22.7 Å². The number of nitrogens with zero attached hydrogens (tertiary/aromatic N) is 2. The maximum atomic E-state index is 9.80. The van der Waals surface area contributed by atoms with Crippen LogP contribution >= 0.6 is 23.2 Å². The lowest BCUT2D eigenvalue weighted by Crippen LogP contribution is -2.00. The van der Waals surface area contributed by atoms with Crippen molar-refractivity contribution in [3.05, 3.63) is 86.7 Å². The van der Waals surface area contributed by atoms with Crippen LogP contribution in [0.15, 0.2) is 48.5 Å². The molecule has 0 fully saturated rings. The van der Waals surface area contributed by atoms with Gasteiger partial charge in [-0.1, -0.05) is 35.3 Å². The lowest BCUT2D eigenvalue weighted by molar-refractivity contribution is 0.269. The maximum absolute atomic E-state index is 9.80. The molecule has 0 aliphatic rings. The third-order valence-corrected chi connectivity index (χ3v) is 6.04. The van der Waals surface area contributed by atoms with Gasteiger partial charge in [0, 0.05) is 15.6 Å². The van der Waals surface area contributed by atoms with Crippen molar-refractivity contribution in [2.24, 2.45) is 0 Å². The molecular weight excluding hydrogens is 469 g/mol. The van der Waals surface area contributed by atoms with Crippen LogP contribution in [0.5, 0.6) is 11.5 Å². The number of fused-ring (bicyclic) bond motifs is 1. The van der Waals surface area contributed by atoms with E-state index in [0.717, 1.165) is 27.7 Å². The molecule has 1 N–H and O–H groups in total. The fraction of sp³-hybridized carbons (Fsp3) is 0.185. The number of aromatic amines is 1. The Balaban J connectivity index is 1.62. The molecule has 0 aliphatic carbocycles. The van der Waals surface area contributed by atoms with Gasteiger partial charge in [0.15, 0.2) is 11.5 Å². The highest BCUT2D eigenvalue weighted by atomic mass is 35.5. The van der Waals surface area contributed by atoms with Crippen molar-refractivity contribution < 1.29 is 9.47 Å². The summed E-state index contributed by atoms with van der Waals surface area (Å²) >= 11 is 12.2. The molecule has 1 heterocycles. The fourth-order valence-corrected chi connectivity index (χ4v) is 3.98. The van der Waals surface area contributed by atoms with Gasteiger partial charge in [0.1, 0.15) is 18.5 Å². The molecule has 7 heteroatoms. The van der Waals surface area contributed by atoms with Gasteiger partial charge in [-0.3, -0.25) is 0 Å². The summed E-state index contributed by atoms with van der Waals surface area (Å²) in [6.45, 7) is 6.74. The number of imidazole rings is 1. The van der Waals surface area contributed by atoms with E-state index in [4.69, 9.17) is 32.7 Å². The second kappa shape index (κ2) is 10.2. The van der Waals surface area contributed by atoms with Crippen molar-refractivity contribution >= 4 is 45.9 Å². The van der Waals surface area contributed by atoms with Crippen molar-refractivity contribution in [3.8, 4) is 17.6 Å². The lowest BCUT2D eigenvalue weighted by atomic mass is 10.1. The molecule has 0 saturated heterocycles. The SMILES string of the molecule is CCOc1cc(/C=C(\C#N)c2nc3cc(C)c(C)cc3[nH]2)ccc1OCc1ccc(Cl)cc1Cl. The molecule has 0 spiro atoms. The topological polar surface area (TPSA) is 70.9 Å². The normalized spacial score (nSPS) is 11.5. The predicted molar refractivity (Wildman–Crippen MR) is 137 cm³/mol. The number of allylic oxidation sites excluding steroid dienone is 1. The van der Waals surface area contributed by atoms with Gasteiger partial charge >= 0.3 is 0 Å². The summed E-state index contributed by atoms with van der Waals surface area (Å²) in [6, 6.07) is 17.1. The smallest absolute Gasteiger partial charge is 0.161 e. The van der Waals surface area contributed by atoms with Gasteiger partial charge in [0.25, 0.3) is 0 Å². The first kappa shape index (κ1) is 23.7. The quantitative estimate of drug-likeness (QED) is 0.271. The van der Waals surface area contributed by atoms with Gasteiger partial charge in [-0.25, -0.2) is 4.98 Å². The zero-order valence-electron chi connectivity index (χ0n) is 19.1. The van der Waals surface area contributed by atoms with E-state index in [1.54, 1.807) is 18.2 Å². The van der Waals surface area contributed by atoms with E-state index in [1.165, 1.54) is 5.56 Å². The highest BCUT2D eigenvalue weighted by Gasteiger charge is 2.12. The van der Waals surface area contributed by atoms with Crippen LogP contribution in [0.3, 0.4) is 0 Å². The van der Waals surface area contributed by atoms with E-state index >= 15 is 0 Å². The monoisotopic (exact) mass is 491 g/mol.